The molecule has 64 valence electrons. The van der Waals surface area contributed by atoms with Crippen LogP contribution in [0.5, 0.6) is 0 Å². The summed E-state index contributed by atoms with van der Waals surface area (Å²) in [6.07, 6.45) is 3.17. The number of hydrogen-bond acceptors (Lipinski definition) is 3. The molecule has 3 nitrogen and oxygen atoms in total. The Balaban J connectivity index is 3.37. The summed E-state index contributed by atoms with van der Waals surface area (Å²) in [5.74, 6) is -0.350. The highest BCUT2D eigenvalue weighted by Gasteiger charge is 1.91. The van der Waals surface area contributed by atoms with E-state index in [4.69, 9.17) is 4.74 Å². The molecule has 0 atom stereocenters. The van der Waals surface area contributed by atoms with Gasteiger partial charge < -0.3 is 9.47 Å². The summed E-state index contributed by atoms with van der Waals surface area (Å²) in [4.78, 5) is 10.5. The van der Waals surface area contributed by atoms with Crippen LogP contribution >= 0.6 is 0 Å². The van der Waals surface area contributed by atoms with Crippen LogP contribution in [0.3, 0.4) is 0 Å². The number of esters is 1. The Morgan fingerprint density at radius 1 is 1.55 bits per heavy atom. The molecule has 0 saturated heterocycles. The zero-order valence-electron chi connectivity index (χ0n) is 7.16. The molecule has 0 aliphatic heterocycles. The molecule has 0 aromatic carbocycles. The molecule has 0 rings (SSSR count). The number of rotatable bonds is 4. The van der Waals surface area contributed by atoms with Crippen LogP contribution < -0.4 is 0 Å². The molecule has 11 heavy (non-hydrogen) atoms. The third-order valence-electron chi connectivity index (χ3n) is 0.981. The molecule has 0 aromatic rings. The zero-order valence-corrected chi connectivity index (χ0v) is 7.16. The van der Waals surface area contributed by atoms with Crippen molar-refractivity contribution in [2.75, 3.05) is 13.7 Å². The Morgan fingerprint density at radius 3 is 2.64 bits per heavy atom. The third kappa shape index (κ3) is 7.06. The van der Waals surface area contributed by atoms with Crippen LogP contribution in [0.2, 0.25) is 0 Å². The van der Waals surface area contributed by atoms with Gasteiger partial charge in [0.1, 0.15) is 0 Å². The van der Waals surface area contributed by atoms with Gasteiger partial charge in [-0.2, -0.15) is 0 Å². The first-order valence-corrected chi connectivity index (χ1v) is 3.53. The Morgan fingerprint density at radius 2 is 2.18 bits per heavy atom. The third-order valence-corrected chi connectivity index (χ3v) is 0.981. The quantitative estimate of drug-likeness (QED) is 0.454. The van der Waals surface area contributed by atoms with Crippen molar-refractivity contribution >= 4 is 5.97 Å². The predicted molar refractivity (Wildman–Crippen MR) is 42.2 cm³/mol. The van der Waals surface area contributed by atoms with Crippen LogP contribution in [-0.4, -0.2) is 25.8 Å². The van der Waals surface area contributed by atoms with E-state index in [1.165, 1.54) is 13.2 Å². The van der Waals surface area contributed by atoms with E-state index in [0.717, 1.165) is 0 Å². The van der Waals surface area contributed by atoms with Crippen molar-refractivity contribution in [1.82, 2.24) is 0 Å². The van der Waals surface area contributed by atoms with Gasteiger partial charge in [-0.3, -0.25) is 0 Å². The van der Waals surface area contributed by atoms with Crippen molar-refractivity contribution in [3.63, 3.8) is 0 Å². The fourth-order valence-electron chi connectivity index (χ4n) is 0.460. The lowest BCUT2D eigenvalue weighted by atomic mass is 10.4. The van der Waals surface area contributed by atoms with E-state index in [1.807, 2.05) is 13.8 Å². The molecule has 0 amide bonds. The van der Waals surface area contributed by atoms with Gasteiger partial charge in [0.05, 0.1) is 19.8 Å². The Bertz CT molecular complexity index is 138. The zero-order chi connectivity index (χ0) is 8.69. The number of methoxy groups -OCH3 is 1. The van der Waals surface area contributed by atoms with E-state index in [9.17, 15) is 4.79 Å². The topological polar surface area (TPSA) is 35.5 Å². The van der Waals surface area contributed by atoms with Crippen LogP contribution in [0.25, 0.3) is 0 Å². The van der Waals surface area contributed by atoms with Gasteiger partial charge in [0, 0.05) is 6.08 Å². The minimum absolute atomic E-state index is 0.192. The van der Waals surface area contributed by atoms with Crippen molar-refractivity contribution in [2.45, 2.75) is 20.0 Å². The highest BCUT2D eigenvalue weighted by atomic mass is 16.5. The second-order valence-electron chi connectivity index (χ2n) is 2.31. The van der Waals surface area contributed by atoms with Crippen molar-refractivity contribution in [1.29, 1.82) is 0 Å². The molecule has 0 radical (unpaired) electrons. The van der Waals surface area contributed by atoms with Crippen LogP contribution in [0.1, 0.15) is 13.8 Å². The molecule has 0 fully saturated rings. The molecule has 0 aliphatic carbocycles. The normalized spacial score (nSPS) is 10.9. The van der Waals surface area contributed by atoms with Crippen LogP contribution in [-0.2, 0) is 14.3 Å². The second-order valence-corrected chi connectivity index (χ2v) is 2.31. The van der Waals surface area contributed by atoms with Gasteiger partial charge in [-0.05, 0) is 13.8 Å². The maximum Gasteiger partial charge on any atom is 0.330 e. The fourth-order valence-corrected chi connectivity index (χ4v) is 0.460. The molecule has 0 aromatic heterocycles. The van der Waals surface area contributed by atoms with Crippen molar-refractivity contribution in [2.24, 2.45) is 0 Å². The van der Waals surface area contributed by atoms with Gasteiger partial charge in [0.25, 0.3) is 0 Å². The molecule has 3 heteroatoms. The lowest BCUT2D eigenvalue weighted by Crippen LogP contribution is -2.02. The molecule has 0 aliphatic rings. The maximum atomic E-state index is 10.5. The lowest BCUT2D eigenvalue weighted by Gasteiger charge is -2.02. The summed E-state index contributed by atoms with van der Waals surface area (Å²) in [5.41, 5.74) is 0. The first-order chi connectivity index (χ1) is 5.16. The molecule has 0 saturated carbocycles. The summed E-state index contributed by atoms with van der Waals surface area (Å²) in [7, 11) is 1.34. The first kappa shape index (κ1) is 10.2. The summed E-state index contributed by atoms with van der Waals surface area (Å²) < 4.78 is 9.52. The molecule has 0 unspecified atom stereocenters. The van der Waals surface area contributed by atoms with Crippen LogP contribution in [0.15, 0.2) is 12.2 Å². The fraction of sp³-hybridized carbons (Fsp3) is 0.625. The van der Waals surface area contributed by atoms with E-state index in [0.29, 0.717) is 6.61 Å². The van der Waals surface area contributed by atoms with Gasteiger partial charge in [-0.1, -0.05) is 6.08 Å². The monoisotopic (exact) mass is 158 g/mol. The van der Waals surface area contributed by atoms with Gasteiger partial charge >= 0.3 is 5.97 Å². The van der Waals surface area contributed by atoms with Gasteiger partial charge in [0.15, 0.2) is 0 Å². The van der Waals surface area contributed by atoms with Gasteiger partial charge in [0.2, 0.25) is 0 Å². The van der Waals surface area contributed by atoms with Crippen LogP contribution in [0, 0.1) is 0 Å². The summed E-state index contributed by atoms with van der Waals surface area (Å²) >= 11 is 0. The minimum atomic E-state index is -0.350. The molecular weight excluding hydrogens is 144 g/mol. The van der Waals surface area contributed by atoms with Crippen molar-refractivity contribution in [3.05, 3.63) is 12.2 Å². The predicted octanol–water partition coefficient (Wildman–Crippen LogP) is 1.14. The Hall–Kier alpha value is -0.830. The van der Waals surface area contributed by atoms with E-state index in [1.54, 1.807) is 6.08 Å². The number of carbonyl (C=O) groups excluding carboxylic acids is 1. The Labute approximate surface area is 67.0 Å². The molecule has 0 N–H and O–H groups in total. The average Bonchev–Trinajstić information content (AvgIpc) is 1.97. The minimum Gasteiger partial charge on any atom is -0.466 e. The maximum absolute atomic E-state index is 10.5. The lowest BCUT2D eigenvalue weighted by molar-refractivity contribution is -0.134. The highest BCUT2D eigenvalue weighted by molar-refractivity contribution is 5.81. The summed E-state index contributed by atoms with van der Waals surface area (Å²) in [5, 5.41) is 0. The van der Waals surface area contributed by atoms with E-state index in [2.05, 4.69) is 4.74 Å². The van der Waals surface area contributed by atoms with Gasteiger partial charge in [-0.15, -0.1) is 0 Å². The Kier molecular flexibility index (Phi) is 5.47. The van der Waals surface area contributed by atoms with Crippen LogP contribution in [0.4, 0.5) is 0 Å². The van der Waals surface area contributed by atoms with E-state index >= 15 is 0 Å². The second kappa shape index (κ2) is 5.92. The highest BCUT2D eigenvalue weighted by Crippen LogP contribution is 1.87. The SMILES string of the molecule is COC(=O)/C=C/COC(C)C. The van der Waals surface area contributed by atoms with E-state index in [-0.39, 0.29) is 12.1 Å². The summed E-state index contributed by atoms with van der Waals surface area (Å²) in [6, 6.07) is 0. The van der Waals surface area contributed by atoms with Crippen molar-refractivity contribution in [3.8, 4) is 0 Å². The number of carbonyl (C=O) groups is 1. The van der Waals surface area contributed by atoms with E-state index < -0.39 is 0 Å². The first-order valence-electron chi connectivity index (χ1n) is 3.53. The van der Waals surface area contributed by atoms with Gasteiger partial charge in [-0.25, -0.2) is 4.79 Å². The largest absolute Gasteiger partial charge is 0.466 e. The standard InChI is InChI=1S/C8H14O3/c1-7(2)11-6-4-5-8(9)10-3/h4-5,7H,6H2,1-3H3/b5-4+. The molecule has 0 heterocycles. The molecule has 0 bridgehead atoms. The number of hydrogen-bond donors (Lipinski definition) is 0. The molecular formula is C8H14O3. The smallest absolute Gasteiger partial charge is 0.330 e. The average molecular weight is 158 g/mol. The van der Waals surface area contributed by atoms with Crippen molar-refractivity contribution < 1.29 is 14.3 Å². The summed E-state index contributed by atoms with van der Waals surface area (Å²) in [6.45, 7) is 4.32. The number of ether oxygens (including phenoxy) is 2. The molecule has 0 spiro atoms.